The van der Waals surface area contributed by atoms with E-state index < -0.39 is 5.41 Å². The predicted molar refractivity (Wildman–Crippen MR) is 247 cm³/mol. The Hall–Kier alpha value is -6.44. The zero-order chi connectivity index (χ0) is 39.4. The maximum Gasteiger partial charge on any atom is 0.0719 e. The summed E-state index contributed by atoms with van der Waals surface area (Å²) in [6, 6.07) is 76.2. The minimum atomic E-state index is -0.401. The minimum absolute atomic E-state index is 0.0468. The molecule has 4 bridgehead atoms. The van der Waals surface area contributed by atoms with Gasteiger partial charge in [0.2, 0.25) is 0 Å². The van der Waals surface area contributed by atoms with E-state index in [0.717, 1.165) is 11.8 Å². The molecule has 0 aliphatic heterocycles. The maximum atomic E-state index is 2.70. The van der Waals surface area contributed by atoms with E-state index in [2.05, 4.69) is 205 Å². The van der Waals surface area contributed by atoms with E-state index in [9.17, 15) is 0 Å². The lowest BCUT2D eigenvalue weighted by Gasteiger charge is -2.65. The van der Waals surface area contributed by atoms with Crippen molar-refractivity contribution >= 4 is 17.1 Å². The van der Waals surface area contributed by atoms with Crippen LogP contribution in [0.4, 0.5) is 17.1 Å². The molecule has 0 saturated heterocycles. The fraction of sp³-hybridized carbons (Fsp3) is 0.186. The fourth-order valence-electron chi connectivity index (χ4n) is 13.8. The van der Waals surface area contributed by atoms with Crippen LogP contribution in [0.2, 0.25) is 0 Å². The van der Waals surface area contributed by atoms with Crippen molar-refractivity contribution in [2.75, 3.05) is 4.90 Å². The highest BCUT2D eigenvalue weighted by Crippen LogP contribution is 2.71. The number of hydrogen-bond donors (Lipinski definition) is 0. The third-order valence-corrected chi connectivity index (χ3v) is 15.7. The largest absolute Gasteiger partial charge is 0.310 e. The van der Waals surface area contributed by atoms with Gasteiger partial charge in [-0.3, -0.25) is 0 Å². The number of benzene rings is 8. The van der Waals surface area contributed by atoms with Gasteiger partial charge in [0.15, 0.2) is 0 Å². The second kappa shape index (κ2) is 13.0. The third-order valence-electron chi connectivity index (χ3n) is 15.7. The standard InChI is InChI=1S/C59H47N/c1-3-15-41(16-4-1)42-27-29-46(30-28-42)60(57-26-14-9-19-48(57)43-17-5-2-6-18-43)47-31-32-55-56(38-47)58(44-34-39-33-40(36-44)37-45(58)35-39)53-24-12-13-25-54(53)59(55)51-22-10-7-20-49(51)50-21-8-11-23-52(50)59/h1-32,38-40,44-45H,33-37H2. The van der Waals surface area contributed by atoms with E-state index in [1.807, 2.05) is 0 Å². The Morgan fingerprint density at radius 1 is 0.333 bits per heavy atom. The van der Waals surface area contributed by atoms with Crippen molar-refractivity contribution in [2.45, 2.75) is 42.9 Å². The third kappa shape index (κ3) is 4.64. The molecule has 6 aliphatic rings. The molecule has 1 nitrogen and oxygen atoms in total. The molecule has 8 aromatic rings. The predicted octanol–water partition coefficient (Wildman–Crippen LogP) is 14.9. The lowest BCUT2D eigenvalue weighted by atomic mass is 9.38. The SMILES string of the molecule is c1ccc(-c2ccc(N(c3ccc4c(c3)C3(c5ccccc5C45c4ccccc4-c4ccccc45)C4CC5CC(C4)CC3C5)c3ccccc3-c3ccccc3)cc2)cc1. The Morgan fingerprint density at radius 2 is 0.800 bits per heavy atom. The van der Waals surface area contributed by atoms with Gasteiger partial charge in [0.25, 0.3) is 0 Å². The second-order valence-corrected chi connectivity index (χ2v) is 18.4. The van der Waals surface area contributed by atoms with Crippen LogP contribution in [0, 0.1) is 23.7 Å². The summed E-state index contributed by atoms with van der Waals surface area (Å²) in [5.41, 5.74) is 19.8. The molecule has 288 valence electrons. The first kappa shape index (κ1) is 34.4. The van der Waals surface area contributed by atoms with Crippen LogP contribution >= 0.6 is 0 Å². The zero-order valence-corrected chi connectivity index (χ0v) is 33.8. The van der Waals surface area contributed by atoms with E-state index in [1.54, 1.807) is 11.1 Å². The summed E-state index contributed by atoms with van der Waals surface area (Å²) in [4.78, 5) is 2.56. The first-order valence-corrected chi connectivity index (χ1v) is 22.3. The number of anilines is 3. The molecular weight excluding hydrogens is 723 g/mol. The average Bonchev–Trinajstić information content (AvgIpc) is 3.60. The van der Waals surface area contributed by atoms with Crippen LogP contribution in [0.25, 0.3) is 33.4 Å². The summed E-state index contributed by atoms with van der Waals surface area (Å²) in [5.74, 6) is 2.97. The van der Waals surface area contributed by atoms with E-state index in [0.29, 0.717) is 11.8 Å². The zero-order valence-electron chi connectivity index (χ0n) is 33.8. The van der Waals surface area contributed by atoms with Gasteiger partial charge in [0.05, 0.1) is 11.1 Å². The topological polar surface area (TPSA) is 3.24 Å². The molecule has 8 aromatic carbocycles. The highest BCUT2D eigenvalue weighted by Gasteiger charge is 2.64. The van der Waals surface area contributed by atoms with Crippen molar-refractivity contribution in [3.63, 3.8) is 0 Å². The van der Waals surface area contributed by atoms with Crippen LogP contribution in [-0.2, 0) is 10.8 Å². The van der Waals surface area contributed by atoms with Gasteiger partial charge in [-0.05, 0) is 147 Å². The van der Waals surface area contributed by atoms with Crippen LogP contribution < -0.4 is 4.90 Å². The Bertz CT molecular complexity index is 2870. The molecule has 6 aliphatic carbocycles. The number of nitrogens with zero attached hydrogens (tertiary/aromatic N) is 1. The van der Waals surface area contributed by atoms with E-state index in [-0.39, 0.29) is 5.41 Å². The highest BCUT2D eigenvalue weighted by atomic mass is 15.1. The van der Waals surface area contributed by atoms with Crippen molar-refractivity contribution in [1.29, 1.82) is 0 Å². The van der Waals surface area contributed by atoms with Crippen LogP contribution in [0.5, 0.6) is 0 Å². The van der Waals surface area contributed by atoms with Crippen molar-refractivity contribution in [3.8, 4) is 33.4 Å². The number of para-hydroxylation sites is 1. The lowest BCUT2D eigenvalue weighted by Crippen LogP contribution is -2.59. The Morgan fingerprint density at radius 3 is 1.43 bits per heavy atom. The van der Waals surface area contributed by atoms with Gasteiger partial charge in [-0.2, -0.15) is 0 Å². The van der Waals surface area contributed by atoms with Gasteiger partial charge in [-0.15, -0.1) is 0 Å². The van der Waals surface area contributed by atoms with Crippen LogP contribution in [0.1, 0.15) is 65.5 Å². The van der Waals surface area contributed by atoms with Crippen molar-refractivity contribution in [3.05, 3.63) is 234 Å². The molecule has 2 spiro atoms. The summed E-state index contributed by atoms with van der Waals surface area (Å²) >= 11 is 0. The second-order valence-electron chi connectivity index (χ2n) is 18.4. The van der Waals surface area contributed by atoms with Crippen LogP contribution in [-0.4, -0.2) is 0 Å². The average molecular weight is 770 g/mol. The van der Waals surface area contributed by atoms with Crippen LogP contribution in [0.15, 0.2) is 200 Å². The Labute approximate surface area is 354 Å². The highest BCUT2D eigenvalue weighted by molar-refractivity contribution is 5.92. The quantitative estimate of drug-likeness (QED) is 0.169. The normalized spacial score (nSPS) is 23.2. The molecular formula is C59H47N. The molecule has 0 atom stereocenters. The number of rotatable bonds is 5. The van der Waals surface area contributed by atoms with Crippen molar-refractivity contribution < 1.29 is 0 Å². The summed E-state index contributed by atoms with van der Waals surface area (Å²) in [7, 11) is 0. The number of fused-ring (bicyclic) bond motifs is 9. The molecule has 1 heteroatoms. The summed E-state index contributed by atoms with van der Waals surface area (Å²) in [6.45, 7) is 0. The molecule has 4 saturated carbocycles. The summed E-state index contributed by atoms with van der Waals surface area (Å²) in [6.07, 6.45) is 6.80. The molecule has 0 unspecified atom stereocenters. The first-order valence-electron chi connectivity index (χ1n) is 22.3. The van der Waals surface area contributed by atoms with Gasteiger partial charge in [0, 0.05) is 22.4 Å². The smallest absolute Gasteiger partial charge is 0.0719 e. The Balaban J connectivity index is 1.11. The maximum absolute atomic E-state index is 2.70. The van der Waals surface area contributed by atoms with Gasteiger partial charge >= 0.3 is 0 Å². The summed E-state index contributed by atoms with van der Waals surface area (Å²) in [5, 5.41) is 0. The van der Waals surface area contributed by atoms with E-state index >= 15 is 0 Å². The monoisotopic (exact) mass is 769 g/mol. The molecule has 0 N–H and O–H groups in total. The van der Waals surface area contributed by atoms with Gasteiger partial charge < -0.3 is 4.90 Å². The van der Waals surface area contributed by atoms with Gasteiger partial charge in [-0.25, -0.2) is 0 Å². The molecule has 0 aromatic heterocycles. The minimum Gasteiger partial charge on any atom is -0.310 e. The van der Waals surface area contributed by atoms with Gasteiger partial charge in [0.1, 0.15) is 0 Å². The molecule has 4 fully saturated rings. The van der Waals surface area contributed by atoms with Gasteiger partial charge in [-0.1, -0.05) is 170 Å². The van der Waals surface area contributed by atoms with Crippen LogP contribution in [0.3, 0.4) is 0 Å². The molecule has 0 heterocycles. The van der Waals surface area contributed by atoms with E-state index in [4.69, 9.17) is 0 Å². The lowest BCUT2D eigenvalue weighted by molar-refractivity contribution is -0.0440. The Kier molecular flexibility index (Phi) is 7.48. The molecule has 0 amide bonds. The van der Waals surface area contributed by atoms with Crippen molar-refractivity contribution in [2.24, 2.45) is 23.7 Å². The molecule has 0 radical (unpaired) electrons. The summed E-state index contributed by atoms with van der Waals surface area (Å²) < 4.78 is 0. The van der Waals surface area contributed by atoms with Crippen molar-refractivity contribution in [1.82, 2.24) is 0 Å². The van der Waals surface area contributed by atoms with E-state index in [1.165, 1.54) is 105 Å². The molecule has 14 rings (SSSR count). The molecule has 60 heavy (non-hydrogen) atoms. The number of hydrogen-bond acceptors (Lipinski definition) is 1. The first-order chi connectivity index (χ1) is 29.7. The fourth-order valence-corrected chi connectivity index (χ4v) is 13.8.